The third kappa shape index (κ3) is 3.82. The molecule has 0 saturated carbocycles. The molecule has 5 nitrogen and oxygen atoms in total. The molecule has 2 aromatic rings. The number of amides is 1. The number of aromatic nitrogens is 1. The SMILES string of the molecule is Cc1onc(-c2ccc(F)cc2)c1C(=O)NCCN1CCCCC1. The second-order valence-electron chi connectivity index (χ2n) is 6.13. The van der Waals surface area contributed by atoms with Crippen LogP contribution in [0.1, 0.15) is 35.4 Å². The third-order valence-electron chi connectivity index (χ3n) is 4.37. The molecule has 0 unspecified atom stereocenters. The number of hydrogen-bond donors (Lipinski definition) is 1. The van der Waals surface area contributed by atoms with Crippen molar-refractivity contribution in [3.8, 4) is 11.3 Å². The molecule has 1 aromatic heterocycles. The lowest BCUT2D eigenvalue weighted by Gasteiger charge is -2.26. The number of likely N-dealkylation sites (tertiary alicyclic amines) is 1. The van der Waals surface area contributed by atoms with Crippen molar-refractivity contribution in [2.75, 3.05) is 26.2 Å². The molecule has 0 aliphatic carbocycles. The quantitative estimate of drug-likeness (QED) is 0.915. The molecule has 1 fully saturated rings. The number of aryl methyl sites for hydroxylation is 1. The van der Waals surface area contributed by atoms with Crippen LogP contribution in [0.4, 0.5) is 4.39 Å². The molecule has 0 bridgehead atoms. The van der Waals surface area contributed by atoms with Crippen molar-refractivity contribution in [1.29, 1.82) is 0 Å². The molecule has 1 N–H and O–H groups in total. The van der Waals surface area contributed by atoms with E-state index in [1.807, 2.05) is 0 Å². The average molecular weight is 331 g/mol. The Hall–Kier alpha value is -2.21. The fourth-order valence-electron chi connectivity index (χ4n) is 3.04. The van der Waals surface area contributed by atoms with Crippen molar-refractivity contribution in [3.05, 3.63) is 41.4 Å². The van der Waals surface area contributed by atoms with Crippen LogP contribution >= 0.6 is 0 Å². The topological polar surface area (TPSA) is 58.4 Å². The van der Waals surface area contributed by atoms with Crippen LogP contribution in [-0.4, -0.2) is 42.1 Å². The van der Waals surface area contributed by atoms with Crippen LogP contribution in [-0.2, 0) is 0 Å². The van der Waals surface area contributed by atoms with Gasteiger partial charge in [-0.05, 0) is 57.1 Å². The first-order valence-corrected chi connectivity index (χ1v) is 8.38. The van der Waals surface area contributed by atoms with E-state index in [9.17, 15) is 9.18 Å². The molecule has 3 rings (SSSR count). The summed E-state index contributed by atoms with van der Waals surface area (Å²) >= 11 is 0. The second kappa shape index (κ2) is 7.57. The molecule has 1 saturated heterocycles. The van der Waals surface area contributed by atoms with E-state index in [1.165, 1.54) is 31.4 Å². The van der Waals surface area contributed by atoms with Crippen LogP contribution in [0, 0.1) is 12.7 Å². The number of nitrogens with one attached hydrogen (secondary N) is 1. The Labute approximate surface area is 140 Å². The second-order valence-corrected chi connectivity index (χ2v) is 6.13. The molecule has 0 atom stereocenters. The zero-order valence-corrected chi connectivity index (χ0v) is 13.8. The molecule has 24 heavy (non-hydrogen) atoms. The lowest BCUT2D eigenvalue weighted by molar-refractivity contribution is 0.0945. The lowest BCUT2D eigenvalue weighted by atomic mass is 10.1. The van der Waals surface area contributed by atoms with Crippen molar-refractivity contribution >= 4 is 5.91 Å². The van der Waals surface area contributed by atoms with E-state index in [1.54, 1.807) is 19.1 Å². The van der Waals surface area contributed by atoms with Crippen LogP contribution in [0.5, 0.6) is 0 Å². The Bertz CT molecular complexity index is 691. The molecule has 1 aliphatic rings. The molecule has 0 spiro atoms. The van der Waals surface area contributed by atoms with Gasteiger partial charge >= 0.3 is 0 Å². The van der Waals surface area contributed by atoms with Crippen LogP contribution in [0.3, 0.4) is 0 Å². The van der Waals surface area contributed by atoms with Crippen molar-refractivity contribution in [1.82, 2.24) is 15.4 Å². The molecule has 6 heteroatoms. The van der Waals surface area contributed by atoms with Gasteiger partial charge in [0, 0.05) is 18.7 Å². The lowest BCUT2D eigenvalue weighted by Crippen LogP contribution is -2.37. The number of carbonyl (C=O) groups excluding carboxylic acids is 1. The number of hydrogen-bond acceptors (Lipinski definition) is 4. The van der Waals surface area contributed by atoms with Gasteiger partial charge in [-0.1, -0.05) is 11.6 Å². The summed E-state index contributed by atoms with van der Waals surface area (Å²) in [4.78, 5) is 14.9. The average Bonchev–Trinajstić information content (AvgIpc) is 2.98. The summed E-state index contributed by atoms with van der Waals surface area (Å²) in [5, 5.41) is 6.91. The Morgan fingerprint density at radius 3 is 2.67 bits per heavy atom. The van der Waals surface area contributed by atoms with E-state index >= 15 is 0 Å². The summed E-state index contributed by atoms with van der Waals surface area (Å²) in [5.74, 6) is -0.0682. The maximum atomic E-state index is 13.1. The van der Waals surface area contributed by atoms with Crippen LogP contribution in [0.15, 0.2) is 28.8 Å². The van der Waals surface area contributed by atoms with Gasteiger partial charge in [-0.15, -0.1) is 0 Å². The Balaban J connectivity index is 1.66. The van der Waals surface area contributed by atoms with Gasteiger partial charge in [0.15, 0.2) is 0 Å². The monoisotopic (exact) mass is 331 g/mol. The van der Waals surface area contributed by atoms with E-state index in [-0.39, 0.29) is 11.7 Å². The van der Waals surface area contributed by atoms with Crippen molar-refractivity contribution in [3.63, 3.8) is 0 Å². The van der Waals surface area contributed by atoms with Crippen LogP contribution in [0.25, 0.3) is 11.3 Å². The van der Waals surface area contributed by atoms with Crippen molar-refractivity contribution < 1.29 is 13.7 Å². The van der Waals surface area contributed by atoms with E-state index < -0.39 is 0 Å². The fraction of sp³-hybridized carbons (Fsp3) is 0.444. The number of nitrogens with zero attached hydrogens (tertiary/aromatic N) is 2. The number of halogens is 1. The first kappa shape index (κ1) is 16.6. The van der Waals surface area contributed by atoms with Crippen molar-refractivity contribution in [2.45, 2.75) is 26.2 Å². The van der Waals surface area contributed by atoms with Gasteiger partial charge in [0.1, 0.15) is 22.8 Å². The fourth-order valence-corrected chi connectivity index (χ4v) is 3.04. The first-order valence-electron chi connectivity index (χ1n) is 8.38. The summed E-state index contributed by atoms with van der Waals surface area (Å²) in [7, 11) is 0. The minimum atomic E-state index is -0.327. The molecule has 1 aliphatic heterocycles. The Kier molecular flexibility index (Phi) is 5.25. The highest BCUT2D eigenvalue weighted by molar-refractivity contribution is 6.00. The highest BCUT2D eigenvalue weighted by Gasteiger charge is 2.21. The summed E-state index contributed by atoms with van der Waals surface area (Å²) in [6.07, 6.45) is 3.75. The van der Waals surface area contributed by atoms with E-state index in [4.69, 9.17) is 4.52 Å². The summed E-state index contributed by atoms with van der Waals surface area (Å²) in [5.41, 5.74) is 1.53. The smallest absolute Gasteiger partial charge is 0.257 e. The van der Waals surface area contributed by atoms with E-state index in [0.29, 0.717) is 29.1 Å². The molecular weight excluding hydrogens is 309 g/mol. The number of carbonyl (C=O) groups is 1. The van der Waals surface area contributed by atoms with Crippen LogP contribution in [0.2, 0.25) is 0 Å². The third-order valence-corrected chi connectivity index (χ3v) is 4.37. The van der Waals surface area contributed by atoms with Gasteiger partial charge < -0.3 is 14.7 Å². The largest absolute Gasteiger partial charge is 0.360 e. The predicted molar refractivity (Wildman–Crippen MR) is 89.3 cm³/mol. The normalized spacial score (nSPS) is 15.4. The minimum Gasteiger partial charge on any atom is -0.360 e. The van der Waals surface area contributed by atoms with Gasteiger partial charge in [0.05, 0.1) is 0 Å². The Morgan fingerprint density at radius 1 is 1.25 bits per heavy atom. The van der Waals surface area contributed by atoms with Gasteiger partial charge in [-0.3, -0.25) is 4.79 Å². The van der Waals surface area contributed by atoms with Gasteiger partial charge in [0.2, 0.25) is 0 Å². The number of benzene rings is 1. The summed E-state index contributed by atoms with van der Waals surface area (Å²) in [6, 6.07) is 5.88. The van der Waals surface area contributed by atoms with Gasteiger partial charge in [-0.25, -0.2) is 4.39 Å². The summed E-state index contributed by atoms with van der Waals surface area (Å²) < 4.78 is 18.3. The van der Waals surface area contributed by atoms with Gasteiger partial charge in [-0.2, -0.15) is 0 Å². The standard InChI is InChI=1S/C18H22FN3O2/c1-13-16(17(21-24-13)14-5-7-15(19)8-6-14)18(23)20-9-12-22-10-3-2-4-11-22/h5-8H,2-4,9-12H2,1H3,(H,20,23). The molecule has 128 valence electrons. The van der Waals surface area contributed by atoms with E-state index in [0.717, 1.165) is 19.6 Å². The molecule has 1 aromatic carbocycles. The maximum absolute atomic E-state index is 13.1. The highest BCUT2D eigenvalue weighted by atomic mass is 19.1. The van der Waals surface area contributed by atoms with E-state index in [2.05, 4.69) is 15.4 Å². The maximum Gasteiger partial charge on any atom is 0.257 e. The zero-order valence-electron chi connectivity index (χ0n) is 13.8. The molecule has 1 amide bonds. The summed E-state index contributed by atoms with van der Waals surface area (Å²) in [6.45, 7) is 5.35. The number of piperidine rings is 1. The van der Waals surface area contributed by atoms with Crippen LogP contribution < -0.4 is 5.32 Å². The zero-order chi connectivity index (χ0) is 16.9. The molecular formula is C18H22FN3O2. The molecule has 0 radical (unpaired) electrons. The Morgan fingerprint density at radius 2 is 1.96 bits per heavy atom. The minimum absolute atomic E-state index is 0.204. The molecule has 2 heterocycles. The van der Waals surface area contributed by atoms with Gasteiger partial charge in [0.25, 0.3) is 5.91 Å². The predicted octanol–water partition coefficient (Wildman–Crippen LogP) is 3.00. The highest BCUT2D eigenvalue weighted by Crippen LogP contribution is 2.25. The van der Waals surface area contributed by atoms with Crippen molar-refractivity contribution in [2.24, 2.45) is 0 Å². The first-order chi connectivity index (χ1) is 11.6. The number of rotatable bonds is 5.